The molecule has 222 valence electrons. The summed E-state index contributed by atoms with van der Waals surface area (Å²) in [7, 11) is -1.07. The van der Waals surface area contributed by atoms with Crippen LogP contribution in [0.2, 0.25) is 6.32 Å². The lowest BCUT2D eigenvalue weighted by molar-refractivity contribution is -0.140. The summed E-state index contributed by atoms with van der Waals surface area (Å²) in [5, 5.41) is 33.6. The number of thiophene rings is 1. The van der Waals surface area contributed by atoms with Crippen molar-refractivity contribution in [2.75, 3.05) is 6.61 Å². The van der Waals surface area contributed by atoms with Crippen molar-refractivity contribution in [3.63, 3.8) is 0 Å². The van der Waals surface area contributed by atoms with Gasteiger partial charge in [-0.1, -0.05) is 42.5 Å². The predicted octanol–water partition coefficient (Wildman–Crippen LogP) is 5.38. The number of aliphatic hydroxyl groups is 1. The number of carbonyl (C=O) groups excluding carboxylic acids is 2. The van der Waals surface area contributed by atoms with Gasteiger partial charge in [-0.25, -0.2) is 0 Å². The highest BCUT2D eigenvalue weighted by Crippen LogP contribution is 2.51. The monoisotopic (exact) mass is 597 g/mol. The first-order valence-electron chi connectivity index (χ1n) is 14.8. The molecule has 3 heterocycles. The minimum absolute atomic E-state index is 0.195. The number of allylic oxidation sites excluding steroid dienone is 1. The van der Waals surface area contributed by atoms with Crippen molar-refractivity contribution in [2.24, 2.45) is 17.8 Å². The van der Waals surface area contributed by atoms with E-state index in [1.54, 1.807) is 0 Å². The number of amides is 2. The van der Waals surface area contributed by atoms with Gasteiger partial charge in [-0.3, -0.25) is 14.5 Å². The maximum absolute atomic E-state index is 13.7. The SMILES string of the molecule is Cc1cc(/C=C(/CC[C@H]2OB(O)C[C@H]3C2=C(CO)C[C@H]2C(=O)N(Cc4cccs4)C(=O)[C@H]23)c2ccccc2)cc(C)c1O. The first-order valence-corrected chi connectivity index (χ1v) is 15.7. The summed E-state index contributed by atoms with van der Waals surface area (Å²) in [6, 6.07) is 17.8. The van der Waals surface area contributed by atoms with E-state index in [-0.39, 0.29) is 37.2 Å². The van der Waals surface area contributed by atoms with E-state index < -0.39 is 25.1 Å². The molecule has 2 amide bonds. The third-order valence-electron chi connectivity index (χ3n) is 9.16. The van der Waals surface area contributed by atoms with Crippen molar-refractivity contribution in [1.82, 2.24) is 4.90 Å². The van der Waals surface area contributed by atoms with Crippen LogP contribution >= 0.6 is 11.3 Å². The van der Waals surface area contributed by atoms with Crippen LogP contribution < -0.4 is 0 Å². The van der Waals surface area contributed by atoms with E-state index in [0.717, 1.165) is 43.9 Å². The molecule has 3 aromatic rings. The molecule has 0 unspecified atom stereocenters. The summed E-state index contributed by atoms with van der Waals surface area (Å²) in [5.74, 6) is -1.56. The topological polar surface area (TPSA) is 107 Å². The number of fused-ring (bicyclic) bond motifs is 3. The Balaban J connectivity index is 1.30. The molecule has 6 rings (SSSR count). The summed E-state index contributed by atoms with van der Waals surface area (Å²) in [4.78, 5) is 29.5. The molecule has 0 radical (unpaired) electrons. The van der Waals surface area contributed by atoms with Crippen molar-refractivity contribution < 1.29 is 29.5 Å². The first kappa shape index (κ1) is 29.6. The highest BCUT2D eigenvalue weighted by atomic mass is 32.1. The Morgan fingerprint density at radius 1 is 1.07 bits per heavy atom. The lowest BCUT2D eigenvalue weighted by atomic mass is 9.58. The predicted molar refractivity (Wildman–Crippen MR) is 168 cm³/mol. The number of imide groups is 1. The molecule has 1 aliphatic carbocycles. The Morgan fingerprint density at radius 3 is 2.49 bits per heavy atom. The number of aryl methyl sites for hydroxylation is 2. The molecular weight excluding hydrogens is 561 g/mol. The molecule has 3 aliphatic rings. The van der Waals surface area contributed by atoms with Crippen molar-refractivity contribution >= 4 is 41.9 Å². The fourth-order valence-corrected chi connectivity index (χ4v) is 7.89. The van der Waals surface area contributed by atoms with Gasteiger partial charge in [0.2, 0.25) is 11.8 Å². The van der Waals surface area contributed by atoms with Crippen LogP contribution in [0.1, 0.15) is 46.4 Å². The molecule has 2 aliphatic heterocycles. The maximum atomic E-state index is 13.7. The van der Waals surface area contributed by atoms with Gasteiger partial charge in [0, 0.05) is 4.88 Å². The number of hydrogen-bond acceptors (Lipinski definition) is 7. The van der Waals surface area contributed by atoms with E-state index in [9.17, 15) is 24.8 Å². The minimum atomic E-state index is -1.07. The van der Waals surface area contributed by atoms with Crippen LogP contribution in [0.5, 0.6) is 5.75 Å². The molecule has 9 heteroatoms. The Labute approximate surface area is 256 Å². The van der Waals surface area contributed by atoms with Crippen LogP contribution in [0.15, 0.2) is 71.1 Å². The molecule has 0 bridgehead atoms. The van der Waals surface area contributed by atoms with E-state index in [4.69, 9.17) is 4.65 Å². The molecule has 2 aromatic carbocycles. The number of aliphatic hydroxyl groups excluding tert-OH is 1. The second kappa shape index (κ2) is 12.2. The number of phenolic OH excluding ortho intramolecular Hbond substituents is 1. The fourth-order valence-electron chi connectivity index (χ4n) is 7.20. The number of phenols is 1. The summed E-state index contributed by atoms with van der Waals surface area (Å²) < 4.78 is 6.12. The highest BCUT2D eigenvalue weighted by molar-refractivity contribution is 7.09. The largest absolute Gasteiger partial charge is 0.507 e. The van der Waals surface area contributed by atoms with Gasteiger partial charge >= 0.3 is 7.12 Å². The molecule has 3 N–H and O–H groups in total. The first-order chi connectivity index (χ1) is 20.7. The Kier molecular flexibility index (Phi) is 8.42. The van der Waals surface area contributed by atoms with Crippen molar-refractivity contribution in [3.05, 3.63) is 98.3 Å². The third-order valence-corrected chi connectivity index (χ3v) is 10.0. The summed E-state index contributed by atoms with van der Waals surface area (Å²) >= 11 is 1.51. The second-order valence-electron chi connectivity index (χ2n) is 11.9. The standard InChI is InChI=1S/C34H36BNO6S/c1-20-13-22(14-21(2)32(20)38)15-24(23-7-4-3-5-8-23)10-11-29-30-25(19-37)16-27-31(28(30)17-35(41)42-29)34(40)36(33(27)39)18-26-9-6-12-43-26/h3-9,12-15,27-29,31,37-38,41H,10-11,16-19H2,1-2H3/b24-15-/t27-,28+,29-,31-/m1/s1. The van der Waals surface area contributed by atoms with Crippen LogP contribution in [-0.4, -0.2) is 51.8 Å². The van der Waals surface area contributed by atoms with Gasteiger partial charge < -0.3 is 19.9 Å². The number of likely N-dealkylation sites (tertiary alicyclic amines) is 1. The van der Waals surface area contributed by atoms with E-state index in [2.05, 4.69) is 18.2 Å². The average Bonchev–Trinajstić information content (AvgIpc) is 3.60. The number of nitrogens with zero attached hydrogens (tertiary/aromatic N) is 1. The van der Waals surface area contributed by atoms with Crippen LogP contribution in [0.25, 0.3) is 11.6 Å². The van der Waals surface area contributed by atoms with Crippen LogP contribution in [0, 0.1) is 31.6 Å². The Hall–Kier alpha value is -3.50. The summed E-state index contributed by atoms with van der Waals surface area (Å²) in [5.41, 5.74) is 6.33. The maximum Gasteiger partial charge on any atom is 0.455 e. The quantitative estimate of drug-likeness (QED) is 0.139. The molecular formula is C34H36BNO6S. The zero-order chi connectivity index (χ0) is 30.2. The van der Waals surface area contributed by atoms with Gasteiger partial charge in [0.1, 0.15) is 5.75 Å². The lowest BCUT2D eigenvalue weighted by Crippen LogP contribution is -2.46. The van der Waals surface area contributed by atoms with Gasteiger partial charge in [0.05, 0.1) is 31.1 Å². The Bertz CT molecular complexity index is 1560. The third kappa shape index (κ3) is 5.75. The van der Waals surface area contributed by atoms with Crippen LogP contribution in [0.4, 0.5) is 0 Å². The van der Waals surface area contributed by atoms with Crippen molar-refractivity contribution in [2.45, 2.75) is 52.1 Å². The molecule has 0 saturated carbocycles. The normalized spacial score (nSPS) is 24.0. The zero-order valence-corrected chi connectivity index (χ0v) is 25.2. The van der Waals surface area contributed by atoms with Gasteiger partial charge in [0.25, 0.3) is 0 Å². The van der Waals surface area contributed by atoms with Crippen molar-refractivity contribution in [3.8, 4) is 5.75 Å². The number of carbonyl (C=O) groups is 2. The van der Waals surface area contributed by atoms with E-state index >= 15 is 0 Å². The van der Waals surface area contributed by atoms with Gasteiger partial charge in [0.15, 0.2) is 0 Å². The lowest BCUT2D eigenvalue weighted by Gasteiger charge is -2.43. The zero-order valence-electron chi connectivity index (χ0n) is 24.4. The molecule has 1 aromatic heterocycles. The van der Waals surface area contributed by atoms with E-state index in [1.807, 2.05) is 61.7 Å². The van der Waals surface area contributed by atoms with Crippen molar-refractivity contribution in [1.29, 1.82) is 0 Å². The fraction of sp³-hybridized carbons (Fsp3) is 0.353. The van der Waals surface area contributed by atoms with Gasteiger partial charge in [-0.05, 0) is 108 Å². The number of benzene rings is 2. The van der Waals surface area contributed by atoms with Gasteiger partial charge in [-0.2, -0.15) is 0 Å². The number of hydrogen-bond donors (Lipinski definition) is 3. The van der Waals surface area contributed by atoms with Crippen LogP contribution in [-0.2, 0) is 20.8 Å². The molecule has 7 nitrogen and oxygen atoms in total. The highest BCUT2D eigenvalue weighted by Gasteiger charge is 2.57. The number of rotatable bonds is 8. The summed E-state index contributed by atoms with van der Waals surface area (Å²) in [6.07, 6.45) is 3.30. The average molecular weight is 598 g/mol. The van der Waals surface area contributed by atoms with E-state index in [1.165, 1.54) is 16.2 Å². The molecule has 43 heavy (non-hydrogen) atoms. The van der Waals surface area contributed by atoms with E-state index in [0.29, 0.717) is 25.0 Å². The molecule has 0 spiro atoms. The second-order valence-corrected chi connectivity index (χ2v) is 12.9. The van der Waals surface area contributed by atoms with Gasteiger partial charge in [-0.15, -0.1) is 11.3 Å². The number of aromatic hydroxyl groups is 1. The molecule has 4 atom stereocenters. The Morgan fingerprint density at radius 2 is 1.81 bits per heavy atom. The molecule has 2 saturated heterocycles. The smallest absolute Gasteiger partial charge is 0.455 e. The van der Waals surface area contributed by atoms with Crippen LogP contribution in [0.3, 0.4) is 0 Å². The summed E-state index contributed by atoms with van der Waals surface area (Å²) in [6.45, 7) is 3.80. The minimum Gasteiger partial charge on any atom is -0.507 e. The molecule has 2 fully saturated rings.